The molecule has 1 aliphatic rings. The average Bonchev–Trinajstić information content (AvgIpc) is 3.37. The molecule has 0 saturated carbocycles. The molecular formula is C31H39Cl2N5O2S. The van der Waals surface area contributed by atoms with Gasteiger partial charge in [0, 0.05) is 50.7 Å². The van der Waals surface area contributed by atoms with E-state index < -0.39 is 0 Å². The van der Waals surface area contributed by atoms with Crippen LogP contribution in [-0.2, 0) is 16.0 Å². The lowest BCUT2D eigenvalue weighted by Gasteiger charge is -2.40. The van der Waals surface area contributed by atoms with Crippen molar-refractivity contribution in [2.75, 3.05) is 25.4 Å². The molecule has 2 heterocycles. The largest absolute Gasteiger partial charge is 0.339 e. The molecule has 7 nitrogen and oxygen atoms in total. The van der Waals surface area contributed by atoms with Crippen molar-refractivity contribution < 1.29 is 9.59 Å². The molecule has 0 radical (unpaired) electrons. The first-order chi connectivity index (χ1) is 19.9. The van der Waals surface area contributed by atoms with Gasteiger partial charge >= 0.3 is 0 Å². The van der Waals surface area contributed by atoms with Gasteiger partial charge in [-0.3, -0.25) is 14.2 Å². The highest BCUT2D eigenvalue weighted by Crippen LogP contribution is 2.29. The van der Waals surface area contributed by atoms with Crippen LogP contribution in [0.25, 0.3) is 5.69 Å². The van der Waals surface area contributed by atoms with E-state index >= 15 is 0 Å². The van der Waals surface area contributed by atoms with E-state index in [1.165, 1.54) is 6.42 Å². The van der Waals surface area contributed by atoms with E-state index in [4.69, 9.17) is 23.2 Å². The Balaban J connectivity index is 1.31. The Bertz CT molecular complexity index is 1300. The van der Waals surface area contributed by atoms with Crippen LogP contribution < -0.4 is 0 Å². The first-order valence-corrected chi connectivity index (χ1v) is 16.2. The van der Waals surface area contributed by atoms with Crippen LogP contribution in [0.3, 0.4) is 0 Å². The van der Waals surface area contributed by atoms with E-state index in [-0.39, 0.29) is 17.9 Å². The number of amides is 2. The van der Waals surface area contributed by atoms with Crippen LogP contribution in [0.1, 0.15) is 70.2 Å². The van der Waals surface area contributed by atoms with Crippen molar-refractivity contribution in [3.8, 4) is 5.69 Å². The zero-order valence-electron chi connectivity index (χ0n) is 23.9. The van der Waals surface area contributed by atoms with Crippen molar-refractivity contribution >= 4 is 46.8 Å². The second kappa shape index (κ2) is 15.6. The molecule has 2 amide bonds. The molecule has 1 aromatic heterocycles. The molecule has 2 aromatic carbocycles. The van der Waals surface area contributed by atoms with E-state index in [0.717, 1.165) is 53.7 Å². The molecule has 41 heavy (non-hydrogen) atoms. The number of nitrogens with zero attached hydrogens (tertiary/aromatic N) is 5. The van der Waals surface area contributed by atoms with Gasteiger partial charge < -0.3 is 9.80 Å². The van der Waals surface area contributed by atoms with Crippen molar-refractivity contribution in [2.45, 2.75) is 76.4 Å². The van der Waals surface area contributed by atoms with Crippen LogP contribution in [0, 0.1) is 0 Å². The molecule has 220 valence electrons. The molecule has 1 atom stereocenters. The summed E-state index contributed by atoms with van der Waals surface area (Å²) in [6, 6.07) is 15.7. The molecule has 1 saturated heterocycles. The second-order valence-corrected chi connectivity index (χ2v) is 12.4. The number of carbonyl (C=O) groups excluding carboxylic acids is 2. The predicted molar refractivity (Wildman–Crippen MR) is 167 cm³/mol. The van der Waals surface area contributed by atoms with Gasteiger partial charge in [0.15, 0.2) is 5.16 Å². The van der Waals surface area contributed by atoms with Crippen molar-refractivity contribution in [2.24, 2.45) is 0 Å². The summed E-state index contributed by atoms with van der Waals surface area (Å²) in [7, 11) is 0. The van der Waals surface area contributed by atoms with Gasteiger partial charge in [-0.15, -0.1) is 10.2 Å². The molecule has 0 spiro atoms. The monoisotopic (exact) mass is 615 g/mol. The number of hydrogen-bond acceptors (Lipinski definition) is 5. The summed E-state index contributed by atoms with van der Waals surface area (Å²) in [6.07, 6.45) is 6.80. The number of aromatic nitrogens is 3. The van der Waals surface area contributed by atoms with E-state index in [9.17, 15) is 9.59 Å². The maximum absolute atomic E-state index is 13.0. The number of thioether (sulfide) groups is 1. The molecule has 0 aliphatic carbocycles. The van der Waals surface area contributed by atoms with Crippen LogP contribution in [0.5, 0.6) is 0 Å². The fourth-order valence-electron chi connectivity index (χ4n) is 5.12. The SMILES string of the molecule is CCCCCCC(=O)N1CCN(C(=O)CCCSc2nnc(Cc3ccccc3)n2-c2ccc(Cl)c(Cl)c2)CC1C. The average molecular weight is 617 g/mol. The smallest absolute Gasteiger partial charge is 0.222 e. The Morgan fingerprint density at radius 2 is 1.71 bits per heavy atom. The zero-order valence-corrected chi connectivity index (χ0v) is 26.2. The Morgan fingerprint density at radius 3 is 2.44 bits per heavy atom. The van der Waals surface area contributed by atoms with Gasteiger partial charge in [0.1, 0.15) is 5.82 Å². The number of carbonyl (C=O) groups is 2. The quantitative estimate of drug-likeness (QED) is 0.152. The van der Waals surface area contributed by atoms with Crippen LogP contribution in [0.15, 0.2) is 53.7 Å². The van der Waals surface area contributed by atoms with Gasteiger partial charge in [0.05, 0.1) is 15.7 Å². The first-order valence-electron chi connectivity index (χ1n) is 14.5. The fraction of sp³-hybridized carbons (Fsp3) is 0.484. The Kier molecular flexibility index (Phi) is 12.0. The summed E-state index contributed by atoms with van der Waals surface area (Å²) in [5, 5.41) is 10.7. The van der Waals surface area contributed by atoms with Crippen LogP contribution in [-0.4, -0.2) is 67.8 Å². The van der Waals surface area contributed by atoms with Crippen molar-refractivity contribution in [3.63, 3.8) is 0 Å². The van der Waals surface area contributed by atoms with Crippen molar-refractivity contribution in [1.29, 1.82) is 0 Å². The molecule has 1 aliphatic heterocycles. The van der Waals surface area contributed by atoms with Crippen molar-refractivity contribution in [1.82, 2.24) is 24.6 Å². The normalized spacial score (nSPS) is 15.4. The molecule has 0 N–H and O–H groups in total. The zero-order chi connectivity index (χ0) is 29.2. The van der Waals surface area contributed by atoms with Gasteiger partial charge in [0.2, 0.25) is 11.8 Å². The van der Waals surface area contributed by atoms with Crippen LogP contribution >= 0.6 is 35.0 Å². The predicted octanol–water partition coefficient (Wildman–Crippen LogP) is 7.07. The number of piperazine rings is 1. The number of benzene rings is 2. The molecule has 4 rings (SSSR count). The van der Waals surface area contributed by atoms with Crippen LogP contribution in [0.2, 0.25) is 10.0 Å². The molecule has 1 unspecified atom stereocenters. The molecule has 1 fully saturated rings. The third kappa shape index (κ3) is 8.72. The third-order valence-electron chi connectivity index (χ3n) is 7.38. The summed E-state index contributed by atoms with van der Waals surface area (Å²) in [4.78, 5) is 29.5. The number of rotatable bonds is 13. The number of halogens is 2. The Hall–Kier alpha value is -2.55. The minimum absolute atomic E-state index is 0.0496. The van der Waals surface area contributed by atoms with Gasteiger partial charge in [-0.05, 0) is 43.5 Å². The molecule has 3 aromatic rings. The van der Waals surface area contributed by atoms with Gasteiger partial charge in [-0.2, -0.15) is 0 Å². The summed E-state index contributed by atoms with van der Waals surface area (Å²) < 4.78 is 2.02. The van der Waals surface area contributed by atoms with E-state index in [0.29, 0.717) is 48.9 Å². The van der Waals surface area contributed by atoms with Crippen LogP contribution in [0.4, 0.5) is 0 Å². The van der Waals surface area contributed by atoms with Gasteiger partial charge in [-0.1, -0.05) is 91.5 Å². The Morgan fingerprint density at radius 1 is 0.927 bits per heavy atom. The summed E-state index contributed by atoms with van der Waals surface area (Å²) in [5.74, 6) is 1.89. The molecule has 0 bridgehead atoms. The van der Waals surface area contributed by atoms with Gasteiger partial charge in [-0.25, -0.2) is 0 Å². The lowest BCUT2D eigenvalue weighted by Crippen LogP contribution is -2.55. The summed E-state index contributed by atoms with van der Waals surface area (Å²) in [5.41, 5.74) is 1.98. The minimum atomic E-state index is 0.0496. The van der Waals surface area contributed by atoms with Gasteiger partial charge in [0.25, 0.3) is 0 Å². The third-order valence-corrected chi connectivity index (χ3v) is 9.13. The number of hydrogen-bond donors (Lipinski definition) is 0. The van der Waals surface area contributed by atoms with E-state index in [2.05, 4.69) is 29.3 Å². The van der Waals surface area contributed by atoms with E-state index in [1.807, 2.05) is 51.6 Å². The topological polar surface area (TPSA) is 71.3 Å². The fourth-order valence-corrected chi connectivity index (χ4v) is 6.32. The molecular weight excluding hydrogens is 577 g/mol. The standard InChI is InChI=1S/C31H39Cl2N5O2S/c1-3-4-5-9-13-30(40)37-18-17-36(22-23(37)2)29(39)14-10-19-41-31-35-34-28(20-24-11-7-6-8-12-24)38(31)25-15-16-26(32)27(33)21-25/h6-8,11-12,15-16,21,23H,3-5,9-10,13-14,17-20,22H2,1-2H3. The summed E-state index contributed by atoms with van der Waals surface area (Å²) >= 11 is 14.1. The highest BCUT2D eigenvalue weighted by atomic mass is 35.5. The van der Waals surface area contributed by atoms with Crippen molar-refractivity contribution in [3.05, 3.63) is 70.0 Å². The number of unbranched alkanes of at least 4 members (excludes halogenated alkanes) is 3. The highest BCUT2D eigenvalue weighted by molar-refractivity contribution is 7.99. The first kappa shape index (κ1) is 31.4. The van der Waals surface area contributed by atoms with E-state index in [1.54, 1.807) is 17.8 Å². The lowest BCUT2D eigenvalue weighted by atomic mass is 10.1. The Labute approximate surface area is 257 Å². The molecule has 10 heteroatoms. The lowest BCUT2D eigenvalue weighted by molar-refractivity contribution is -0.142. The maximum Gasteiger partial charge on any atom is 0.222 e. The highest BCUT2D eigenvalue weighted by Gasteiger charge is 2.29. The summed E-state index contributed by atoms with van der Waals surface area (Å²) in [6.45, 7) is 6.03. The second-order valence-electron chi connectivity index (χ2n) is 10.5. The maximum atomic E-state index is 13.0. The minimum Gasteiger partial charge on any atom is -0.339 e.